The first-order valence-corrected chi connectivity index (χ1v) is 3.92. The minimum absolute atomic E-state index is 0.411. The molecule has 0 spiro atoms. The maximum absolute atomic E-state index is 5.08. The molecule has 61 valence electrons. The van der Waals surface area contributed by atoms with Crippen molar-refractivity contribution in [2.75, 3.05) is 13.4 Å². The van der Waals surface area contributed by atoms with Crippen LogP contribution in [0.15, 0.2) is 0 Å². The molecular formula is C8H17O2. The van der Waals surface area contributed by atoms with Crippen molar-refractivity contribution in [1.29, 1.82) is 0 Å². The van der Waals surface area contributed by atoms with E-state index >= 15 is 0 Å². The van der Waals surface area contributed by atoms with Crippen molar-refractivity contribution in [3.05, 3.63) is 6.61 Å². The average Bonchev–Trinajstić information content (AvgIpc) is 1.97. The number of hydrogen-bond donors (Lipinski definition) is 0. The fourth-order valence-corrected chi connectivity index (χ4v) is 0.501. The van der Waals surface area contributed by atoms with Crippen molar-refractivity contribution in [3.63, 3.8) is 0 Å². The molecule has 2 nitrogen and oxygen atoms in total. The first-order chi connectivity index (χ1) is 4.91. The standard InChI is InChI=1S/C8H17O2/c1-3-5-7-10-8-9-6-4-2/h7H,3-6,8H2,1-2H3. The van der Waals surface area contributed by atoms with Crippen molar-refractivity contribution < 1.29 is 9.47 Å². The largest absolute Gasteiger partial charge is 0.355 e. The van der Waals surface area contributed by atoms with Gasteiger partial charge in [-0.05, 0) is 12.8 Å². The average molecular weight is 145 g/mol. The van der Waals surface area contributed by atoms with E-state index in [4.69, 9.17) is 9.47 Å². The third kappa shape index (κ3) is 7.92. The maximum atomic E-state index is 5.08. The second-order valence-electron chi connectivity index (χ2n) is 2.15. The summed E-state index contributed by atoms with van der Waals surface area (Å²) in [6.07, 6.45) is 3.19. The Balaban J connectivity index is 2.65. The Morgan fingerprint density at radius 2 is 2.00 bits per heavy atom. The van der Waals surface area contributed by atoms with Crippen molar-refractivity contribution in [2.45, 2.75) is 33.1 Å². The molecule has 0 aliphatic heterocycles. The second kappa shape index (κ2) is 8.92. The van der Waals surface area contributed by atoms with Crippen LogP contribution in [0.1, 0.15) is 33.1 Å². The maximum Gasteiger partial charge on any atom is 0.147 e. The zero-order valence-electron chi connectivity index (χ0n) is 6.93. The lowest BCUT2D eigenvalue weighted by Crippen LogP contribution is -1.98. The Bertz CT molecular complexity index is 47.2. The molecular weight excluding hydrogens is 128 g/mol. The predicted octanol–water partition coefficient (Wildman–Crippen LogP) is 2.35. The Morgan fingerprint density at radius 3 is 2.60 bits per heavy atom. The number of rotatable bonds is 7. The highest BCUT2D eigenvalue weighted by molar-refractivity contribution is 4.45. The molecule has 0 rings (SSSR count). The molecule has 0 aliphatic carbocycles. The predicted molar refractivity (Wildman–Crippen MR) is 41.4 cm³/mol. The molecule has 0 fully saturated rings. The van der Waals surface area contributed by atoms with Crippen LogP contribution in [0.3, 0.4) is 0 Å². The molecule has 10 heavy (non-hydrogen) atoms. The highest BCUT2D eigenvalue weighted by Gasteiger charge is 1.86. The lowest BCUT2D eigenvalue weighted by Gasteiger charge is -2.01. The zero-order chi connectivity index (χ0) is 7.66. The van der Waals surface area contributed by atoms with Crippen molar-refractivity contribution in [2.24, 2.45) is 0 Å². The van der Waals surface area contributed by atoms with Gasteiger partial charge in [0, 0.05) is 6.61 Å². The molecule has 0 aromatic heterocycles. The van der Waals surface area contributed by atoms with Gasteiger partial charge in [-0.2, -0.15) is 0 Å². The van der Waals surface area contributed by atoms with E-state index in [1.807, 2.05) is 0 Å². The van der Waals surface area contributed by atoms with E-state index in [2.05, 4.69) is 13.8 Å². The molecule has 1 radical (unpaired) electrons. The van der Waals surface area contributed by atoms with Crippen molar-refractivity contribution in [3.8, 4) is 0 Å². The van der Waals surface area contributed by atoms with E-state index < -0.39 is 0 Å². The second-order valence-corrected chi connectivity index (χ2v) is 2.15. The molecule has 0 aromatic carbocycles. The van der Waals surface area contributed by atoms with Crippen LogP contribution < -0.4 is 0 Å². The number of hydrogen-bond acceptors (Lipinski definition) is 2. The quantitative estimate of drug-likeness (QED) is 0.404. The van der Waals surface area contributed by atoms with Gasteiger partial charge in [0.15, 0.2) is 0 Å². The highest BCUT2D eigenvalue weighted by Crippen LogP contribution is 1.93. The third-order valence-corrected chi connectivity index (χ3v) is 1.02. The third-order valence-electron chi connectivity index (χ3n) is 1.02. The molecule has 0 N–H and O–H groups in total. The van der Waals surface area contributed by atoms with Gasteiger partial charge in [0.2, 0.25) is 0 Å². The van der Waals surface area contributed by atoms with Crippen LogP contribution in [0.4, 0.5) is 0 Å². The van der Waals surface area contributed by atoms with Crippen LogP contribution in [-0.2, 0) is 9.47 Å². The zero-order valence-corrected chi connectivity index (χ0v) is 6.93. The van der Waals surface area contributed by atoms with Crippen LogP contribution in [-0.4, -0.2) is 13.4 Å². The summed E-state index contributed by atoms with van der Waals surface area (Å²) >= 11 is 0. The van der Waals surface area contributed by atoms with Crippen LogP contribution >= 0.6 is 0 Å². The molecule has 2 heteroatoms. The Morgan fingerprint density at radius 1 is 1.20 bits per heavy atom. The summed E-state index contributed by atoms with van der Waals surface area (Å²) in [6.45, 7) is 7.20. The van der Waals surface area contributed by atoms with Gasteiger partial charge >= 0.3 is 0 Å². The van der Waals surface area contributed by atoms with Gasteiger partial charge in [0.05, 0.1) is 6.61 Å². The topological polar surface area (TPSA) is 18.5 Å². The first kappa shape index (κ1) is 9.92. The van der Waals surface area contributed by atoms with Gasteiger partial charge in [0.25, 0.3) is 0 Å². The van der Waals surface area contributed by atoms with Crippen molar-refractivity contribution in [1.82, 2.24) is 0 Å². The minimum Gasteiger partial charge on any atom is -0.355 e. The van der Waals surface area contributed by atoms with Gasteiger partial charge in [-0.15, -0.1) is 0 Å². The van der Waals surface area contributed by atoms with Crippen LogP contribution in [0.25, 0.3) is 0 Å². The summed E-state index contributed by atoms with van der Waals surface area (Å²) in [4.78, 5) is 0. The summed E-state index contributed by atoms with van der Waals surface area (Å²) in [5, 5.41) is 0. The minimum atomic E-state index is 0.411. The van der Waals surface area contributed by atoms with E-state index in [1.165, 1.54) is 0 Å². The van der Waals surface area contributed by atoms with Gasteiger partial charge in [-0.1, -0.05) is 20.3 Å². The normalized spacial score (nSPS) is 10.2. The Kier molecular flexibility index (Phi) is 8.85. The van der Waals surface area contributed by atoms with Gasteiger partial charge in [-0.3, -0.25) is 0 Å². The van der Waals surface area contributed by atoms with Crippen molar-refractivity contribution >= 4 is 0 Å². The summed E-state index contributed by atoms with van der Waals surface area (Å²) in [6, 6.07) is 0. The molecule has 0 aromatic rings. The summed E-state index contributed by atoms with van der Waals surface area (Å²) < 4.78 is 10.1. The Labute approximate surface area is 63.5 Å². The van der Waals surface area contributed by atoms with Crippen LogP contribution in [0.2, 0.25) is 0 Å². The number of unbranched alkanes of at least 4 members (excludes halogenated alkanes) is 1. The van der Waals surface area contributed by atoms with Gasteiger partial charge < -0.3 is 9.47 Å². The SMILES string of the molecule is CCC[CH]OCOCCC. The molecule has 0 bridgehead atoms. The van der Waals surface area contributed by atoms with E-state index in [1.54, 1.807) is 6.61 Å². The monoisotopic (exact) mass is 145 g/mol. The molecule has 0 unspecified atom stereocenters. The molecule has 0 saturated carbocycles. The van der Waals surface area contributed by atoms with E-state index in [0.29, 0.717) is 6.79 Å². The Hall–Kier alpha value is -0.0800. The van der Waals surface area contributed by atoms with E-state index in [-0.39, 0.29) is 0 Å². The summed E-state index contributed by atoms with van der Waals surface area (Å²) in [7, 11) is 0. The molecule has 0 amide bonds. The highest BCUT2D eigenvalue weighted by atomic mass is 16.7. The fraction of sp³-hybridized carbons (Fsp3) is 0.875. The lowest BCUT2D eigenvalue weighted by atomic mass is 10.4. The molecule has 0 heterocycles. The lowest BCUT2D eigenvalue weighted by molar-refractivity contribution is -0.0297. The fourth-order valence-electron chi connectivity index (χ4n) is 0.501. The molecule has 0 saturated heterocycles. The number of ether oxygens (including phenoxy) is 2. The molecule has 0 aliphatic rings. The van der Waals surface area contributed by atoms with E-state index in [0.717, 1.165) is 25.9 Å². The molecule has 0 atom stereocenters. The van der Waals surface area contributed by atoms with Crippen LogP contribution in [0.5, 0.6) is 0 Å². The van der Waals surface area contributed by atoms with Gasteiger partial charge in [0.1, 0.15) is 6.79 Å². The summed E-state index contributed by atoms with van der Waals surface area (Å²) in [5.41, 5.74) is 0. The first-order valence-electron chi connectivity index (χ1n) is 3.92. The smallest absolute Gasteiger partial charge is 0.147 e. The van der Waals surface area contributed by atoms with E-state index in [9.17, 15) is 0 Å². The summed E-state index contributed by atoms with van der Waals surface area (Å²) in [5.74, 6) is 0. The van der Waals surface area contributed by atoms with Crippen LogP contribution in [0, 0.1) is 6.61 Å². The van der Waals surface area contributed by atoms with Gasteiger partial charge in [-0.25, -0.2) is 0 Å².